The molecule has 4 heteroatoms. The minimum Gasteiger partial charge on any atom is -0.481 e. The van der Waals surface area contributed by atoms with E-state index in [1.807, 2.05) is 0 Å². The van der Waals surface area contributed by atoms with Crippen molar-refractivity contribution in [3.8, 4) is 5.88 Å². The number of ether oxygens (including phenoxy) is 1. The Morgan fingerprint density at radius 3 is 2.58 bits per heavy atom. The first kappa shape index (κ1) is 17.1. The van der Waals surface area contributed by atoms with Gasteiger partial charge in [-0.2, -0.15) is 0 Å². The van der Waals surface area contributed by atoms with Crippen LogP contribution >= 0.6 is 11.8 Å². The summed E-state index contributed by atoms with van der Waals surface area (Å²) in [6.45, 7) is 0.629. The monoisotopic (exact) mass is 340 g/mol. The lowest BCUT2D eigenvalue weighted by atomic mass is 10.00. The van der Waals surface area contributed by atoms with Crippen LogP contribution in [-0.4, -0.2) is 24.9 Å². The van der Waals surface area contributed by atoms with E-state index in [-0.39, 0.29) is 0 Å². The molecule has 126 valence electrons. The molecule has 0 unspecified atom stereocenters. The van der Waals surface area contributed by atoms with Crippen LogP contribution in [0.2, 0.25) is 0 Å². The van der Waals surface area contributed by atoms with Crippen molar-refractivity contribution in [1.29, 1.82) is 0 Å². The second-order valence-electron chi connectivity index (χ2n) is 5.99. The van der Waals surface area contributed by atoms with Crippen molar-refractivity contribution in [3.05, 3.63) is 59.3 Å². The predicted molar refractivity (Wildman–Crippen MR) is 102 cm³/mol. The molecule has 1 aromatic carbocycles. The lowest BCUT2D eigenvalue weighted by Gasteiger charge is -2.12. The van der Waals surface area contributed by atoms with Gasteiger partial charge in [0.15, 0.2) is 0 Å². The zero-order valence-electron chi connectivity index (χ0n) is 14.3. The molecule has 0 aliphatic heterocycles. The van der Waals surface area contributed by atoms with Gasteiger partial charge in [0, 0.05) is 16.0 Å². The zero-order valence-corrected chi connectivity index (χ0v) is 15.1. The van der Waals surface area contributed by atoms with Crippen molar-refractivity contribution in [2.45, 2.75) is 30.1 Å². The van der Waals surface area contributed by atoms with Gasteiger partial charge in [0.2, 0.25) is 5.88 Å². The van der Waals surface area contributed by atoms with Crippen LogP contribution in [0.5, 0.6) is 5.88 Å². The average Bonchev–Trinajstić information content (AvgIpc) is 3.47. The number of pyridine rings is 1. The summed E-state index contributed by atoms with van der Waals surface area (Å²) < 4.78 is 5.55. The van der Waals surface area contributed by atoms with Gasteiger partial charge in [0.1, 0.15) is 0 Å². The Hall–Kier alpha value is -1.78. The van der Waals surface area contributed by atoms with E-state index in [1.54, 1.807) is 18.9 Å². The first-order valence-corrected chi connectivity index (χ1v) is 9.59. The Labute approximate surface area is 148 Å². The minimum atomic E-state index is 0.624. The molecular weight excluding hydrogens is 316 g/mol. The van der Waals surface area contributed by atoms with E-state index in [1.165, 1.54) is 23.3 Å². The molecule has 3 nitrogen and oxygen atoms in total. The molecule has 1 aliphatic rings. The zero-order chi connectivity index (χ0) is 16.9. The van der Waals surface area contributed by atoms with Crippen LogP contribution in [0.4, 0.5) is 0 Å². The van der Waals surface area contributed by atoms with E-state index in [9.17, 15) is 0 Å². The Kier molecular flexibility index (Phi) is 5.59. The smallest absolute Gasteiger partial charge is 0.217 e. The Morgan fingerprint density at radius 1 is 1.25 bits per heavy atom. The molecule has 1 fully saturated rings. The molecule has 24 heavy (non-hydrogen) atoms. The summed E-state index contributed by atoms with van der Waals surface area (Å²) in [7, 11) is 1.70. The van der Waals surface area contributed by atoms with Gasteiger partial charge in [-0.25, -0.2) is 4.98 Å². The highest BCUT2D eigenvalue weighted by Gasteiger charge is 2.27. The summed E-state index contributed by atoms with van der Waals surface area (Å²) in [6, 6.07) is 12.9. The molecule has 2 N–H and O–H groups in total. The maximum absolute atomic E-state index is 5.71. The highest BCUT2D eigenvalue weighted by atomic mass is 32.2. The van der Waals surface area contributed by atoms with Crippen LogP contribution in [0.25, 0.3) is 5.57 Å². The molecule has 3 rings (SSSR count). The lowest BCUT2D eigenvalue weighted by Crippen LogP contribution is -2.01. The van der Waals surface area contributed by atoms with Gasteiger partial charge in [-0.05, 0) is 61.7 Å². The third kappa shape index (κ3) is 3.82. The van der Waals surface area contributed by atoms with E-state index >= 15 is 0 Å². The highest BCUT2D eigenvalue weighted by molar-refractivity contribution is 7.98. The van der Waals surface area contributed by atoms with E-state index in [0.29, 0.717) is 12.5 Å². The van der Waals surface area contributed by atoms with Gasteiger partial charge in [-0.1, -0.05) is 24.3 Å². The minimum absolute atomic E-state index is 0.624. The summed E-state index contributed by atoms with van der Waals surface area (Å²) in [5.74, 6) is 1.38. The quantitative estimate of drug-likeness (QED) is 0.756. The average molecular weight is 340 g/mol. The third-order valence-electron chi connectivity index (χ3n) is 4.29. The molecule has 1 aliphatic carbocycles. The summed E-state index contributed by atoms with van der Waals surface area (Å²) in [5.41, 5.74) is 10.2. The van der Waals surface area contributed by atoms with Crippen molar-refractivity contribution in [3.63, 3.8) is 0 Å². The van der Waals surface area contributed by atoms with Crippen LogP contribution in [0, 0.1) is 0 Å². The molecule has 0 bridgehead atoms. The third-order valence-corrected chi connectivity index (χ3v) is 5.04. The van der Waals surface area contributed by atoms with Gasteiger partial charge < -0.3 is 10.5 Å². The van der Waals surface area contributed by atoms with Gasteiger partial charge in [0.05, 0.1) is 12.8 Å². The lowest BCUT2D eigenvalue weighted by molar-refractivity contribution is 0.392. The second-order valence-corrected chi connectivity index (χ2v) is 6.87. The Balaban J connectivity index is 1.98. The molecule has 0 atom stereocenters. The van der Waals surface area contributed by atoms with Gasteiger partial charge in [-0.3, -0.25) is 0 Å². The molecule has 2 aromatic rings. The van der Waals surface area contributed by atoms with Crippen LogP contribution in [-0.2, 0) is 0 Å². The number of nitrogens with two attached hydrogens (primary N) is 1. The van der Waals surface area contributed by atoms with E-state index in [4.69, 9.17) is 15.5 Å². The van der Waals surface area contributed by atoms with Crippen molar-refractivity contribution in [2.75, 3.05) is 19.9 Å². The normalized spacial score (nSPS) is 14.7. The number of benzene rings is 1. The van der Waals surface area contributed by atoms with Gasteiger partial charge in [0.25, 0.3) is 0 Å². The van der Waals surface area contributed by atoms with Crippen LogP contribution in [0.1, 0.15) is 42.0 Å². The fraction of sp³-hybridized carbons (Fsp3) is 0.350. The molecule has 1 aromatic heterocycles. The standard InChI is InChI=1S/C20H24N2OS/c1-23-20-18(15-5-6-15)11-12-19(22-20)17(4-3-13-21)14-7-9-16(24-2)10-8-14/h4,7-12,15H,3,5-6,13,21H2,1-2H3/b17-4+. The van der Waals surface area contributed by atoms with Crippen molar-refractivity contribution < 1.29 is 4.74 Å². The SMILES string of the molecule is COc1nc(/C(=C/CCN)c2ccc(SC)cc2)ccc1C1CC1. The van der Waals surface area contributed by atoms with Crippen molar-refractivity contribution in [1.82, 2.24) is 4.98 Å². The number of rotatable bonds is 7. The summed E-state index contributed by atoms with van der Waals surface area (Å²) in [6.07, 6.45) is 7.57. The highest BCUT2D eigenvalue weighted by Crippen LogP contribution is 2.44. The van der Waals surface area contributed by atoms with Crippen LogP contribution in [0.3, 0.4) is 0 Å². The predicted octanol–water partition coefficient (Wildman–Crippen LogP) is 4.47. The Morgan fingerprint density at radius 2 is 2.00 bits per heavy atom. The summed E-state index contributed by atoms with van der Waals surface area (Å²) in [5, 5.41) is 0. The fourth-order valence-corrected chi connectivity index (χ4v) is 3.25. The number of nitrogens with zero attached hydrogens (tertiary/aromatic N) is 1. The summed E-state index contributed by atoms with van der Waals surface area (Å²) >= 11 is 1.75. The first-order valence-electron chi connectivity index (χ1n) is 8.36. The topological polar surface area (TPSA) is 48.1 Å². The molecular formula is C20H24N2OS. The van der Waals surface area contributed by atoms with Gasteiger partial charge in [-0.15, -0.1) is 11.8 Å². The Bertz CT molecular complexity index is 721. The molecule has 0 amide bonds. The molecule has 1 heterocycles. The summed E-state index contributed by atoms with van der Waals surface area (Å²) in [4.78, 5) is 6.04. The van der Waals surface area contributed by atoms with Crippen molar-refractivity contribution in [2.24, 2.45) is 5.73 Å². The van der Waals surface area contributed by atoms with E-state index in [0.717, 1.165) is 29.1 Å². The number of aromatic nitrogens is 1. The maximum Gasteiger partial charge on any atom is 0.217 e. The molecule has 1 saturated carbocycles. The number of methoxy groups -OCH3 is 1. The van der Waals surface area contributed by atoms with Gasteiger partial charge >= 0.3 is 0 Å². The second kappa shape index (κ2) is 7.86. The fourth-order valence-electron chi connectivity index (χ4n) is 2.84. The maximum atomic E-state index is 5.71. The number of hydrogen-bond donors (Lipinski definition) is 1. The largest absolute Gasteiger partial charge is 0.481 e. The van der Waals surface area contributed by atoms with Crippen LogP contribution in [0.15, 0.2) is 47.4 Å². The number of thioether (sulfide) groups is 1. The van der Waals surface area contributed by atoms with E-state index < -0.39 is 0 Å². The molecule has 0 spiro atoms. The molecule has 0 saturated heterocycles. The first-order chi connectivity index (χ1) is 11.8. The molecule has 0 radical (unpaired) electrons. The van der Waals surface area contributed by atoms with Crippen molar-refractivity contribution >= 4 is 17.3 Å². The van der Waals surface area contributed by atoms with E-state index in [2.05, 4.69) is 48.7 Å². The van der Waals surface area contributed by atoms with Crippen LogP contribution < -0.4 is 10.5 Å². The number of hydrogen-bond acceptors (Lipinski definition) is 4.